The molecular formula is C25H29FN4O5S2. The Balaban J connectivity index is 2.10. The summed E-state index contributed by atoms with van der Waals surface area (Å²) >= 11 is 0. The predicted molar refractivity (Wildman–Crippen MR) is 136 cm³/mol. The first kappa shape index (κ1) is 28.3. The molecule has 198 valence electrons. The Bertz CT molecular complexity index is 1560. The summed E-state index contributed by atoms with van der Waals surface area (Å²) in [4.78, 5) is 13.3. The van der Waals surface area contributed by atoms with Crippen LogP contribution in [0.25, 0.3) is 0 Å². The Kier molecular flexibility index (Phi) is 7.83. The number of halogens is 1. The molecule has 0 heterocycles. The molecule has 9 nitrogen and oxygen atoms in total. The Hall–Kier alpha value is -3.27. The van der Waals surface area contributed by atoms with Gasteiger partial charge in [-0.05, 0) is 53.9 Å². The van der Waals surface area contributed by atoms with Gasteiger partial charge in [-0.2, -0.15) is 5.26 Å². The van der Waals surface area contributed by atoms with Crippen LogP contribution in [0.2, 0.25) is 0 Å². The van der Waals surface area contributed by atoms with Crippen molar-refractivity contribution in [2.45, 2.75) is 48.8 Å². The lowest BCUT2D eigenvalue weighted by atomic mass is 9.80. The number of nitriles is 1. The highest BCUT2D eigenvalue weighted by molar-refractivity contribution is 7.90. The van der Waals surface area contributed by atoms with Gasteiger partial charge in [-0.15, -0.1) is 0 Å². The third-order valence-corrected chi connectivity index (χ3v) is 9.05. The standard InChI is InChI=1S/C25H29FN4O5S2/c1-14(2)23-20-11-17(9-15(3)19(20)10-16(13-27)24(23)26)29-37(34,35)22-8-7-18(36(32,33)28-4)12-21(22)25(31)30(5)6/h7-10,12,14-15,28-29H,11H2,1-6H3. The van der Waals surface area contributed by atoms with Crippen molar-refractivity contribution in [3.8, 4) is 6.07 Å². The Morgan fingerprint density at radius 1 is 1.16 bits per heavy atom. The van der Waals surface area contributed by atoms with Crippen molar-refractivity contribution >= 4 is 26.0 Å². The van der Waals surface area contributed by atoms with Crippen LogP contribution in [0.3, 0.4) is 0 Å². The quantitative estimate of drug-likeness (QED) is 0.546. The highest BCUT2D eigenvalue weighted by Gasteiger charge is 2.30. The molecule has 0 spiro atoms. The Morgan fingerprint density at radius 3 is 2.35 bits per heavy atom. The maximum absolute atomic E-state index is 15.1. The molecule has 0 radical (unpaired) electrons. The van der Waals surface area contributed by atoms with Crippen LogP contribution in [0.5, 0.6) is 0 Å². The second kappa shape index (κ2) is 10.2. The largest absolute Gasteiger partial charge is 0.345 e. The number of sulfonamides is 2. The number of carbonyl (C=O) groups is 1. The van der Waals surface area contributed by atoms with E-state index in [-0.39, 0.29) is 40.0 Å². The molecule has 12 heteroatoms. The molecule has 0 aromatic heterocycles. The zero-order valence-electron chi connectivity index (χ0n) is 21.4. The highest BCUT2D eigenvalue weighted by atomic mass is 32.2. The van der Waals surface area contributed by atoms with E-state index in [1.165, 1.54) is 27.2 Å². The summed E-state index contributed by atoms with van der Waals surface area (Å²) < 4.78 is 71.2. The van der Waals surface area contributed by atoms with Gasteiger partial charge in [0.25, 0.3) is 15.9 Å². The number of amides is 1. The minimum atomic E-state index is -4.35. The van der Waals surface area contributed by atoms with Gasteiger partial charge in [0.15, 0.2) is 0 Å². The average Bonchev–Trinajstić information content (AvgIpc) is 2.82. The number of nitrogens with one attached hydrogen (secondary N) is 2. The van der Waals surface area contributed by atoms with Gasteiger partial charge in [0.2, 0.25) is 10.0 Å². The molecule has 1 unspecified atom stereocenters. The van der Waals surface area contributed by atoms with Crippen LogP contribution >= 0.6 is 0 Å². The molecule has 37 heavy (non-hydrogen) atoms. The van der Waals surface area contributed by atoms with E-state index in [1.807, 2.05) is 13.0 Å². The predicted octanol–water partition coefficient (Wildman–Crippen LogP) is 2.95. The van der Waals surface area contributed by atoms with E-state index in [1.54, 1.807) is 19.9 Å². The number of hydrogen-bond donors (Lipinski definition) is 2. The lowest BCUT2D eigenvalue weighted by Gasteiger charge is -2.27. The zero-order valence-corrected chi connectivity index (χ0v) is 23.0. The van der Waals surface area contributed by atoms with Gasteiger partial charge in [-0.3, -0.25) is 9.52 Å². The van der Waals surface area contributed by atoms with Crippen LogP contribution in [0.15, 0.2) is 45.8 Å². The molecule has 1 atom stereocenters. The SMILES string of the molecule is CNS(=O)(=O)c1ccc(S(=O)(=O)NC2=CC(C)c3cc(C#N)c(F)c(C(C)C)c3C2)c(C(=O)N(C)C)c1. The normalized spacial score (nSPS) is 15.5. The fourth-order valence-corrected chi connectivity index (χ4v) is 6.44. The second-order valence-corrected chi connectivity index (χ2v) is 12.9. The second-order valence-electron chi connectivity index (χ2n) is 9.31. The summed E-state index contributed by atoms with van der Waals surface area (Å²) in [5.74, 6) is -1.89. The number of hydrogen-bond acceptors (Lipinski definition) is 6. The zero-order chi connectivity index (χ0) is 27.9. The summed E-state index contributed by atoms with van der Waals surface area (Å²) in [5.41, 5.74) is 1.62. The van der Waals surface area contributed by atoms with E-state index < -0.39 is 36.7 Å². The molecule has 0 bridgehead atoms. The topological polar surface area (TPSA) is 136 Å². The Morgan fingerprint density at radius 2 is 1.81 bits per heavy atom. The molecule has 0 saturated heterocycles. The fourth-order valence-electron chi connectivity index (χ4n) is 4.40. The number of nitrogens with zero attached hydrogens (tertiary/aromatic N) is 2. The summed E-state index contributed by atoms with van der Waals surface area (Å²) in [6.07, 6.45) is 1.74. The van der Waals surface area contributed by atoms with Gasteiger partial charge >= 0.3 is 0 Å². The molecule has 2 aromatic rings. The maximum Gasteiger partial charge on any atom is 0.262 e. The van der Waals surface area contributed by atoms with Crippen LogP contribution < -0.4 is 9.44 Å². The number of fused-ring (bicyclic) bond motifs is 1. The smallest absolute Gasteiger partial charge is 0.262 e. The number of allylic oxidation sites excluding steroid dienone is 2. The van der Waals surface area contributed by atoms with Gasteiger partial charge in [-0.1, -0.05) is 26.8 Å². The van der Waals surface area contributed by atoms with Gasteiger partial charge < -0.3 is 4.90 Å². The third kappa shape index (κ3) is 5.39. The lowest BCUT2D eigenvalue weighted by Crippen LogP contribution is -2.31. The Labute approximate surface area is 217 Å². The minimum absolute atomic E-state index is 0.0600. The molecule has 1 aliphatic rings. The first-order valence-corrected chi connectivity index (χ1v) is 14.4. The van der Waals surface area contributed by atoms with Crippen molar-refractivity contribution in [2.24, 2.45) is 0 Å². The molecule has 3 rings (SSSR count). The minimum Gasteiger partial charge on any atom is -0.345 e. The van der Waals surface area contributed by atoms with Gasteiger partial charge in [0.05, 0.1) is 16.0 Å². The summed E-state index contributed by atoms with van der Waals surface area (Å²) in [7, 11) is -4.24. The molecule has 1 amide bonds. The van der Waals surface area contributed by atoms with E-state index in [4.69, 9.17) is 0 Å². The highest BCUT2D eigenvalue weighted by Crippen LogP contribution is 2.37. The van der Waals surface area contributed by atoms with Crippen LogP contribution in [-0.2, 0) is 26.5 Å². The van der Waals surface area contributed by atoms with Crippen molar-refractivity contribution in [2.75, 3.05) is 21.1 Å². The molecule has 2 aromatic carbocycles. The molecule has 0 fully saturated rings. The monoisotopic (exact) mass is 548 g/mol. The van der Waals surface area contributed by atoms with E-state index in [9.17, 15) is 26.9 Å². The molecule has 0 saturated carbocycles. The van der Waals surface area contributed by atoms with Crippen LogP contribution in [-0.4, -0.2) is 48.8 Å². The van der Waals surface area contributed by atoms with E-state index in [0.29, 0.717) is 11.1 Å². The third-order valence-electron chi connectivity index (χ3n) is 6.17. The molecular weight excluding hydrogens is 519 g/mol. The van der Waals surface area contributed by atoms with E-state index in [0.717, 1.165) is 28.7 Å². The lowest BCUT2D eigenvalue weighted by molar-refractivity contribution is 0.0823. The number of rotatable bonds is 7. The van der Waals surface area contributed by atoms with E-state index in [2.05, 4.69) is 9.44 Å². The fraction of sp³-hybridized carbons (Fsp3) is 0.360. The molecule has 0 aliphatic heterocycles. The van der Waals surface area contributed by atoms with Gasteiger partial charge in [0.1, 0.15) is 16.8 Å². The van der Waals surface area contributed by atoms with Crippen molar-refractivity contribution < 1.29 is 26.0 Å². The molecule has 2 N–H and O–H groups in total. The van der Waals surface area contributed by atoms with Crippen LogP contribution in [0, 0.1) is 17.1 Å². The van der Waals surface area contributed by atoms with E-state index >= 15 is 4.39 Å². The average molecular weight is 549 g/mol. The van der Waals surface area contributed by atoms with Crippen LogP contribution in [0.4, 0.5) is 4.39 Å². The summed E-state index contributed by atoms with van der Waals surface area (Å²) in [6, 6.07) is 6.58. The first-order chi connectivity index (χ1) is 17.1. The van der Waals surface area contributed by atoms with Crippen molar-refractivity contribution in [3.63, 3.8) is 0 Å². The first-order valence-electron chi connectivity index (χ1n) is 11.4. The van der Waals surface area contributed by atoms with Crippen molar-refractivity contribution in [3.05, 3.63) is 69.7 Å². The molecule has 1 aliphatic carbocycles. The number of benzene rings is 2. The van der Waals surface area contributed by atoms with Gasteiger partial charge in [-0.25, -0.2) is 25.9 Å². The number of carbonyl (C=O) groups excluding carboxylic acids is 1. The summed E-state index contributed by atoms with van der Waals surface area (Å²) in [5, 5.41) is 9.37. The van der Waals surface area contributed by atoms with Crippen LogP contribution in [0.1, 0.15) is 65.2 Å². The van der Waals surface area contributed by atoms with Gasteiger partial charge in [0, 0.05) is 32.1 Å². The maximum atomic E-state index is 15.1. The summed E-state index contributed by atoms with van der Waals surface area (Å²) in [6.45, 7) is 5.41. The van der Waals surface area contributed by atoms with Crippen molar-refractivity contribution in [1.29, 1.82) is 5.26 Å². The van der Waals surface area contributed by atoms with Crippen molar-refractivity contribution in [1.82, 2.24) is 14.3 Å².